The molecule has 0 aromatic heterocycles. The summed E-state index contributed by atoms with van der Waals surface area (Å²) in [6.45, 7) is 11.2. The van der Waals surface area contributed by atoms with E-state index < -0.39 is 0 Å². The number of piperidine rings is 6. The molecule has 6 fully saturated rings. The summed E-state index contributed by atoms with van der Waals surface area (Å²) in [6.07, 6.45) is 8.91. The normalized spacial score (nSPS) is 37.7. The van der Waals surface area contributed by atoms with Crippen LogP contribution in [0.5, 0.6) is 0 Å². The average molecular weight is 397 g/mol. The van der Waals surface area contributed by atoms with Gasteiger partial charge < -0.3 is 33.8 Å². The number of rotatable bonds is 4. The van der Waals surface area contributed by atoms with Crippen LogP contribution in [0.15, 0.2) is 24.3 Å². The molecule has 4 bridgehead atoms. The van der Waals surface area contributed by atoms with Crippen molar-refractivity contribution in [3.05, 3.63) is 35.4 Å². The molecule has 2 nitrogen and oxygen atoms in total. The lowest BCUT2D eigenvalue weighted by atomic mass is 9.85. The molecule has 0 N–H and O–H groups in total. The predicted molar refractivity (Wildman–Crippen MR) is 98.3 cm³/mol. The summed E-state index contributed by atoms with van der Waals surface area (Å²) in [5.74, 6) is 2.13. The number of halogens is 2. The fourth-order valence-electron chi connectivity index (χ4n) is 6.27. The zero-order valence-electron chi connectivity index (χ0n) is 16.0. The van der Waals surface area contributed by atoms with Crippen molar-refractivity contribution in [1.29, 1.82) is 0 Å². The van der Waals surface area contributed by atoms with Gasteiger partial charge in [-0.1, -0.05) is 24.3 Å². The molecule has 146 valence electrons. The lowest BCUT2D eigenvalue weighted by Crippen LogP contribution is -3.00. The third kappa shape index (κ3) is 3.94. The highest BCUT2D eigenvalue weighted by Crippen LogP contribution is 2.36. The molecule has 0 spiro atoms. The van der Waals surface area contributed by atoms with Crippen molar-refractivity contribution < 1.29 is 33.8 Å². The summed E-state index contributed by atoms with van der Waals surface area (Å²) < 4.78 is 2.77. The van der Waals surface area contributed by atoms with Crippen LogP contribution < -0.4 is 24.8 Å². The van der Waals surface area contributed by atoms with Gasteiger partial charge in [-0.2, -0.15) is 0 Å². The van der Waals surface area contributed by atoms with E-state index in [1.807, 2.05) is 0 Å². The topological polar surface area (TPSA) is 0 Å². The molecule has 0 atom stereocenters. The molecule has 1 aromatic carbocycles. The van der Waals surface area contributed by atoms with Crippen LogP contribution in [-0.4, -0.2) is 48.2 Å². The van der Waals surface area contributed by atoms with Crippen LogP contribution in [0, 0.1) is 11.8 Å². The molecule has 4 heteroatoms. The molecule has 6 saturated heterocycles. The Kier molecular flexibility index (Phi) is 6.29. The minimum atomic E-state index is 0. The highest BCUT2D eigenvalue weighted by Gasteiger charge is 2.40. The molecule has 1 aromatic rings. The van der Waals surface area contributed by atoms with Crippen molar-refractivity contribution >= 4 is 0 Å². The van der Waals surface area contributed by atoms with Gasteiger partial charge >= 0.3 is 0 Å². The largest absolute Gasteiger partial charge is 1.00 e. The van der Waals surface area contributed by atoms with Crippen molar-refractivity contribution in [3.8, 4) is 0 Å². The molecule has 6 aliphatic heterocycles. The number of benzene rings is 1. The van der Waals surface area contributed by atoms with Crippen LogP contribution in [0.25, 0.3) is 0 Å². The number of fused-ring (bicyclic) bond motifs is 6. The maximum Gasteiger partial charge on any atom is 0.104 e. The molecule has 6 heterocycles. The third-order valence-electron chi connectivity index (χ3n) is 8.13. The number of hydrogen-bond acceptors (Lipinski definition) is 0. The summed E-state index contributed by atoms with van der Waals surface area (Å²) in [7, 11) is 0. The molecular formula is C22H34Cl2N2. The van der Waals surface area contributed by atoms with Gasteiger partial charge in [0, 0.05) is 11.1 Å². The van der Waals surface area contributed by atoms with Crippen LogP contribution in [0.1, 0.15) is 49.7 Å². The first-order valence-corrected chi connectivity index (χ1v) is 10.5. The molecule has 26 heavy (non-hydrogen) atoms. The zero-order valence-corrected chi connectivity index (χ0v) is 17.5. The molecular weight excluding hydrogens is 363 g/mol. The molecule has 0 saturated carbocycles. The van der Waals surface area contributed by atoms with Gasteiger partial charge in [-0.05, 0) is 50.4 Å². The van der Waals surface area contributed by atoms with E-state index in [-0.39, 0.29) is 24.8 Å². The highest BCUT2D eigenvalue weighted by atomic mass is 35.5. The fraction of sp³-hybridized carbons (Fsp3) is 0.727. The van der Waals surface area contributed by atoms with Crippen molar-refractivity contribution in [2.24, 2.45) is 11.8 Å². The summed E-state index contributed by atoms with van der Waals surface area (Å²) >= 11 is 0. The standard InChI is InChI=1S/C22H34N2.2ClH/c1-2-22(18-24-14-8-20(9-15-24)10-16-24)4-3-21(1)17-23-11-5-19(6-12-23)7-13-23;;/h1-4,19-20H,5-18H2;2*1H/q+2;;/p-2. The van der Waals surface area contributed by atoms with E-state index in [4.69, 9.17) is 0 Å². The Labute approximate surface area is 171 Å². The lowest BCUT2D eigenvalue weighted by Gasteiger charge is -2.49. The molecule has 0 amide bonds. The van der Waals surface area contributed by atoms with Gasteiger partial charge in [-0.3, -0.25) is 0 Å². The average Bonchev–Trinajstić information content (AvgIpc) is 2.66. The second-order valence-electron chi connectivity index (χ2n) is 9.62. The quantitative estimate of drug-likeness (QED) is 0.514. The van der Waals surface area contributed by atoms with E-state index in [0.717, 1.165) is 11.8 Å². The smallest absolute Gasteiger partial charge is 0.104 e. The van der Waals surface area contributed by atoms with E-state index in [9.17, 15) is 0 Å². The summed E-state index contributed by atoms with van der Waals surface area (Å²) in [5, 5.41) is 0. The summed E-state index contributed by atoms with van der Waals surface area (Å²) in [6, 6.07) is 9.83. The number of hydrogen-bond donors (Lipinski definition) is 0. The molecule has 0 unspecified atom stereocenters. The summed E-state index contributed by atoms with van der Waals surface area (Å²) in [5.41, 5.74) is 3.16. The predicted octanol–water partition coefficient (Wildman–Crippen LogP) is -2.04. The lowest BCUT2D eigenvalue weighted by molar-refractivity contribution is -0.955. The van der Waals surface area contributed by atoms with Crippen molar-refractivity contribution in [2.45, 2.75) is 51.6 Å². The van der Waals surface area contributed by atoms with Gasteiger partial charge in [0.1, 0.15) is 13.1 Å². The van der Waals surface area contributed by atoms with E-state index in [1.165, 1.54) is 99.8 Å². The van der Waals surface area contributed by atoms with Crippen LogP contribution in [0.2, 0.25) is 0 Å². The Bertz CT molecular complexity index is 504. The molecule has 6 aliphatic rings. The van der Waals surface area contributed by atoms with E-state index >= 15 is 0 Å². The van der Waals surface area contributed by atoms with Gasteiger partial charge in [0.25, 0.3) is 0 Å². The van der Waals surface area contributed by atoms with Crippen LogP contribution in [0.4, 0.5) is 0 Å². The Morgan fingerprint density at radius 3 is 1.08 bits per heavy atom. The first kappa shape index (κ1) is 20.5. The van der Waals surface area contributed by atoms with Crippen molar-refractivity contribution in [2.75, 3.05) is 39.3 Å². The first-order chi connectivity index (χ1) is 11.7. The van der Waals surface area contributed by atoms with E-state index in [2.05, 4.69) is 24.3 Å². The first-order valence-electron chi connectivity index (χ1n) is 10.5. The fourth-order valence-corrected chi connectivity index (χ4v) is 6.27. The minimum absolute atomic E-state index is 0. The zero-order chi connectivity index (χ0) is 16.0. The molecule has 7 rings (SSSR count). The van der Waals surface area contributed by atoms with Gasteiger partial charge in [-0.25, -0.2) is 0 Å². The van der Waals surface area contributed by atoms with Gasteiger partial charge in [0.05, 0.1) is 39.3 Å². The van der Waals surface area contributed by atoms with Crippen LogP contribution >= 0.6 is 0 Å². The highest BCUT2D eigenvalue weighted by molar-refractivity contribution is 5.21. The van der Waals surface area contributed by atoms with Gasteiger partial charge in [0.2, 0.25) is 0 Å². The van der Waals surface area contributed by atoms with Crippen molar-refractivity contribution in [3.63, 3.8) is 0 Å². The number of quaternary nitrogens is 2. The molecule has 0 radical (unpaired) electrons. The SMILES string of the molecule is [Cl-].[Cl-].c1cc(C[N+]23CCC(CC2)CC3)ccc1C[N+]12CCC(CC1)CC2. The van der Waals surface area contributed by atoms with Gasteiger partial charge in [0.15, 0.2) is 0 Å². The Morgan fingerprint density at radius 2 is 0.808 bits per heavy atom. The summed E-state index contributed by atoms with van der Waals surface area (Å²) in [4.78, 5) is 0. The second-order valence-corrected chi connectivity index (χ2v) is 9.62. The van der Waals surface area contributed by atoms with Crippen LogP contribution in [0.3, 0.4) is 0 Å². The number of nitrogens with zero attached hydrogens (tertiary/aromatic N) is 2. The maximum absolute atomic E-state index is 2.46. The second kappa shape index (κ2) is 7.99. The minimum Gasteiger partial charge on any atom is -1.00 e. The Morgan fingerprint density at radius 1 is 0.538 bits per heavy atom. The van der Waals surface area contributed by atoms with E-state index in [0.29, 0.717) is 0 Å². The molecule has 0 aliphatic carbocycles. The third-order valence-corrected chi connectivity index (χ3v) is 8.13. The monoisotopic (exact) mass is 396 g/mol. The Hall–Kier alpha value is -0.280. The van der Waals surface area contributed by atoms with Gasteiger partial charge in [-0.15, -0.1) is 0 Å². The van der Waals surface area contributed by atoms with Crippen LogP contribution in [-0.2, 0) is 13.1 Å². The van der Waals surface area contributed by atoms with Crippen molar-refractivity contribution in [1.82, 2.24) is 0 Å². The van der Waals surface area contributed by atoms with E-state index in [1.54, 1.807) is 11.1 Å². The Balaban J connectivity index is 0.000000980. The maximum atomic E-state index is 2.46.